The number of carbonyl (C=O) groups excluding carboxylic acids is 1. The molecule has 3 aromatic rings. The molecule has 1 aliphatic rings. The molecule has 0 unspecified atom stereocenters. The van der Waals surface area contributed by atoms with Crippen molar-refractivity contribution in [3.63, 3.8) is 0 Å². The average molecular weight is 450 g/mol. The van der Waals surface area contributed by atoms with E-state index in [0.29, 0.717) is 11.2 Å². The fourth-order valence-electron chi connectivity index (χ4n) is 4.48. The van der Waals surface area contributed by atoms with Crippen LogP contribution in [0.4, 0.5) is 5.82 Å². The Balaban J connectivity index is 2.07. The Morgan fingerprint density at radius 3 is 2.61 bits per heavy atom. The van der Waals surface area contributed by atoms with E-state index in [9.17, 15) is 4.79 Å². The number of aromatic nitrogens is 3. The first kappa shape index (κ1) is 22.8. The number of carbonyl (C=O) groups is 1. The number of hydrogen-bond acceptors (Lipinski definition) is 7. The molecular formula is C25H31N5O3. The molecule has 4 rings (SSSR count). The number of fused-ring (bicyclic) bond motifs is 1. The van der Waals surface area contributed by atoms with Gasteiger partial charge in [0.15, 0.2) is 5.65 Å². The van der Waals surface area contributed by atoms with Crippen LogP contribution < -0.4 is 10.5 Å². The lowest BCUT2D eigenvalue weighted by Crippen LogP contribution is -2.24. The van der Waals surface area contributed by atoms with Crippen molar-refractivity contribution in [2.45, 2.75) is 34.1 Å². The van der Waals surface area contributed by atoms with Crippen LogP contribution in [0.15, 0.2) is 18.2 Å². The topological polar surface area (TPSA) is 95.5 Å². The number of hydrogen-bond donors (Lipinski definition) is 1. The van der Waals surface area contributed by atoms with E-state index < -0.39 is 5.97 Å². The zero-order valence-electron chi connectivity index (χ0n) is 20.2. The Bertz CT molecular complexity index is 1280. The first-order chi connectivity index (χ1) is 15.8. The zero-order chi connectivity index (χ0) is 23.9. The Hall–Kier alpha value is -3.39. The molecule has 1 aromatic carbocycles. The van der Waals surface area contributed by atoms with Gasteiger partial charge in [-0.2, -0.15) is 0 Å². The van der Waals surface area contributed by atoms with Crippen LogP contribution in [0.3, 0.4) is 0 Å². The van der Waals surface area contributed by atoms with Crippen molar-refractivity contribution in [3.05, 3.63) is 46.3 Å². The molecule has 0 spiro atoms. The highest BCUT2D eigenvalue weighted by atomic mass is 16.5. The van der Waals surface area contributed by atoms with Crippen molar-refractivity contribution in [1.29, 1.82) is 0 Å². The molecule has 2 N–H and O–H groups in total. The molecule has 0 atom stereocenters. The highest BCUT2D eigenvalue weighted by molar-refractivity contribution is 6.08. The molecule has 0 radical (unpaired) electrons. The Kier molecular flexibility index (Phi) is 6.12. The smallest absolute Gasteiger partial charge is 0.344 e. The molecule has 2 aromatic heterocycles. The van der Waals surface area contributed by atoms with Gasteiger partial charge in [0.2, 0.25) is 0 Å². The summed E-state index contributed by atoms with van der Waals surface area (Å²) in [6.07, 6.45) is 3.08. The number of rotatable bonds is 5. The number of nitrogen functional groups attached to an aromatic ring is 1. The molecule has 8 nitrogen and oxygen atoms in total. The second-order valence-electron chi connectivity index (χ2n) is 8.45. The second-order valence-corrected chi connectivity index (χ2v) is 8.45. The van der Waals surface area contributed by atoms with Gasteiger partial charge < -0.3 is 20.1 Å². The van der Waals surface area contributed by atoms with Crippen LogP contribution in [0, 0.1) is 20.8 Å². The lowest BCUT2D eigenvalue weighted by atomic mass is 10.0. The van der Waals surface area contributed by atoms with E-state index in [-0.39, 0.29) is 18.0 Å². The predicted molar refractivity (Wildman–Crippen MR) is 130 cm³/mol. The summed E-state index contributed by atoms with van der Waals surface area (Å²) in [7, 11) is 3.73. The molecule has 33 heavy (non-hydrogen) atoms. The van der Waals surface area contributed by atoms with Crippen molar-refractivity contribution in [2.75, 3.05) is 39.6 Å². The number of likely N-dealkylation sites (N-methyl/N-ethyl adjacent to an activating group) is 1. The van der Waals surface area contributed by atoms with E-state index in [0.717, 1.165) is 59.0 Å². The predicted octanol–water partition coefficient (Wildman–Crippen LogP) is 3.83. The van der Waals surface area contributed by atoms with Crippen molar-refractivity contribution in [1.82, 2.24) is 19.4 Å². The number of nitrogens with zero attached hydrogens (tertiary/aromatic N) is 4. The molecule has 0 saturated heterocycles. The normalized spacial score (nSPS) is 14.4. The summed E-state index contributed by atoms with van der Waals surface area (Å²) in [5.74, 6) is 0.488. The van der Waals surface area contributed by atoms with Crippen molar-refractivity contribution >= 4 is 28.5 Å². The first-order valence-corrected chi connectivity index (χ1v) is 11.2. The lowest BCUT2D eigenvalue weighted by Gasteiger charge is -2.22. The Labute approximate surface area is 194 Å². The van der Waals surface area contributed by atoms with Crippen LogP contribution in [0.1, 0.15) is 46.2 Å². The minimum Gasteiger partial charge on any atom is -0.496 e. The third-order valence-corrected chi connectivity index (χ3v) is 6.22. The number of ether oxygens (including phenoxy) is 2. The van der Waals surface area contributed by atoms with Gasteiger partial charge >= 0.3 is 5.97 Å². The highest BCUT2D eigenvalue weighted by Gasteiger charge is 2.28. The first-order valence-electron chi connectivity index (χ1n) is 11.2. The monoisotopic (exact) mass is 449 g/mol. The summed E-state index contributed by atoms with van der Waals surface area (Å²) in [5, 5.41) is 0. The third-order valence-electron chi connectivity index (χ3n) is 6.22. The average Bonchev–Trinajstić information content (AvgIpc) is 3.05. The van der Waals surface area contributed by atoms with Crippen LogP contribution >= 0.6 is 0 Å². The summed E-state index contributed by atoms with van der Waals surface area (Å²) in [5.41, 5.74) is 13.3. The number of anilines is 1. The number of benzene rings is 1. The van der Waals surface area contributed by atoms with Crippen molar-refractivity contribution in [3.8, 4) is 11.4 Å². The molecule has 174 valence electrons. The summed E-state index contributed by atoms with van der Waals surface area (Å²) in [6.45, 7) is 9.72. The molecule has 8 heteroatoms. The number of methoxy groups -OCH3 is 1. The summed E-state index contributed by atoms with van der Waals surface area (Å²) >= 11 is 0. The summed E-state index contributed by atoms with van der Waals surface area (Å²) in [4.78, 5) is 25.1. The van der Waals surface area contributed by atoms with Crippen LogP contribution in [0.25, 0.3) is 22.4 Å². The van der Waals surface area contributed by atoms with E-state index in [1.54, 1.807) is 14.0 Å². The van der Waals surface area contributed by atoms with E-state index in [2.05, 4.69) is 18.0 Å². The Morgan fingerprint density at radius 1 is 1.21 bits per heavy atom. The van der Waals surface area contributed by atoms with Gasteiger partial charge in [0.05, 0.1) is 30.8 Å². The fraction of sp³-hybridized carbons (Fsp3) is 0.400. The Morgan fingerprint density at radius 2 is 1.97 bits per heavy atom. The van der Waals surface area contributed by atoms with Crippen molar-refractivity contribution in [2.24, 2.45) is 0 Å². The third kappa shape index (κ3) is 3.84. The highest BCUT2D eigenvalue weighted by Crippen LogP contribution is 2.37. The molecule has 1 aliphatic heterocycles. The number of nitrogens with two attached hydrogens (primary N) is 1. The van der Waals surface area contributed by atoms with E-state index in [1.165, 1.54) is 0 Å². The minimum atomic E-state index is -0.503. The minimum absolute atomic E-state index is 0.243. The lowest BCUT2D eigenvalue weighted by molar-refractivity contribution is 0.0529. The van der Waals surface area contributed by atoms with Gasteiger partial charge in [0.1, 0.15) is 22.6 Å². The van der Waals surface area contributed by atoms with Gasteiger partial charge in [0.25, 0.3) is 0 Å². The van der Waals surface area contributed by atoms with E-state index >= 15 is 0 Å². The standard InChI is InChI=1S/C25H31N5O3/c1-7-33-25(31)19-21-24(28-20(16(4)27-21)17-10-12-29(5)13-11-17)30(23(19)26)22-14(2)8-9-18(32-6)15(22)3/h8-10H,7,11-13,26H2,1-6H3. The largest absolute Gasteiger partial charge is 0.496 e. The van der Waals surface area contributed by atoms with Crippen molar-refractivity contribution < 1.29 is 14.3 Å². The van der Waals surface area contributed by atoms with E-state index in [1.807, 2.05) is 37.5 Å². The molecule has 0 saturated carbocycles. The van der Waals surface area contributed by atoms with Gasteiger partial charge in [-0.1, -0.05) is 12.1 Å². The summed E-state index contributed by atoms with van der Waals surface area (Å²) < 4.78 is 12.7. The fourth-order valence-corrected chi connectivity index (χ4v) is 4.48. The molecular weight excluding hydrogens is 418 g/mol. The van der Waals surface area contributed by atoms with Crippen LogP contribution in [-0.2, 0) is 4.74 Å². The van der Waals surface area contributed by atoms with Gasteiger partial charge in [-0.3, -0.25) is 4.57 Å². The van der Waals surface area contributed by atoms with E-state index in [4.69, 9.17) is 25.2 Å². The van der Waals surface area contributed by atoms with Crippen LogP contribution in [0.2, 0.25) is 0 Å². The summed E-state index contributed by atoms with van der Waals surface area (Å²) in [6, 6.07) is 3.89. The molecule has 0 bridgehead atoms. The maximum Gasteiger partial charge on any atom is 0.344 e. The van der Waals surface area contributed by atoms with Gasteiger partial charge in [-0.05, 0) is 58.4 Å². The second kappa shape index (κ2) is 8.86. The zero-order valence-corrected chi connectivity index (χ0v) is 20.2. The maximum absolute atomic E-state index is 12.9. The molecule has 0 fully saturated rings. The quantitative estimate of drug-likeness (QED) is 0.592. The van der Waals surface area contributed by atoms with Crippen LogP contribution in [-0.4, -0.2) is 59.3 Å². The number of aryl methyl sites for hydroxylation is 2. The molecule has 0 amide bonds. The van der Waals surface area contributed by atoms with Gasteiger partial charge in [-0.25, -0.2) is 14.8 Å². The molecule has 0 aliphatic carbocycles. The molecule has 3 heterocycles. The maximum atomic E-state index is 12.9. The van der Waals surface area contributed by atoms with Gasteiger partial charge in [0, 0.05) is 18.7 Å². The van der Waals surface area contributed by atoms with Gasteiger partial charge in [-0.15, -0.1) is 0 Å². The number of esters is 1. The SMILES string of the molecule is CCOC(=O)c1c(N)n(-c2c(C)ccc(OC)c2C)c2nc(C3=CCN(C)CC3)c(C)nc12. The van der Waals surface area contributed by atoms with Crippen LogP contribution in [0.5, 0.6) is 5.75 Å².